The van der Waals surface area contributed by atoms with E-state index in [2.05, 4.69) is 10.3 Å². The standard InChI is InChI=1S/C15H19N3O8/c1-8(19)23-7-11-13(24-9(2)20)14(25-10(3)21)12(17-22)15(26-11)18-6-4-5-16-18/h4-6,11,13-15,22H,7H2,1-3H3/b17-12-/t11-,13-,14-,15+/m1/s1. The fourth-order valence-electron chi connectivity index (χ4n) is 2.51. The van der Waals surface area contributed by atoms with Gasteiger partial charge in [0.2, 0.25) is 0 Å². The SMILES string of the molecule is CC(=O)OC[C@H]1O[C@H](n2cccn2)/C(=N\O)[C@@H](OC(C)=O)[C@@H]1OC(C)=O. The first-order chi connectivity index (χ1) is 12.3. The van der Waals surface area contributed by atoms with Gasteiger partial charge in [0.1, 0.15) is 12.7 Å². The zero-order valence-corrected chi connectivity index (χ0v) is 14.4. The molecule has 1 aliphatic rings. The Morgan fingerprint density at radius 2 is 1.92 bits per heavy atom. The molecule has 1 aromatic heterocycles. The van der Waals surface area contributed by atoms with Gasteiger partial charge in [-0.2, -0.15) is 5.10 Å². The molecule has 1 aromatic rings. The van der Waals surface area contributed by atoms with Crippen LogP contribution in [0.4, 0.5) is 0 Å². The van der Waals surface area contributed by atoms with Crippen molar-refractivity contribution in [3.63, 3.8) is 0 Å². The topological polar surface area (TPSA) is 139 Å². The van der Waals surface area contributed by atoms with Gasteiger partial charge < -0.3 is 24.2 Å². The highest BCUT2D eigenvalue weighted by Crippen LogP contribution is 2.30. The molecule has 1 N–H and O–H groups in total. The minimum atomic E-state index is -1.26. The minimum absolute atomic E-state index is 0.130. The van der Waals surface area contributed by atoms with Gasteiger partial charge in [-0.3, -0.25) is 14.4 Å². The predicted octanol–water partition coefficient (Wildman–Crippen LogP) is 0.0372. The number of hydrogen-bond donors (Lipinski definition) is 1. The molecule has 11 nitrogen and oxygen atoms in total. The second-order valence-electron chi connectivity index (χ2n) is 5.44. The van der Waals surface area contributed by atoms with E-state index in [-0.39, 0.29) is 12.3 Å². The van der Waals surface area contributed by atoms with E-state index in [1.54, 1.807) is 6.07 Å². The Labute approximate surface area is 148 Å². The molecule has 0 unspecified atom stereocenters. The number of nitrogens with zero attached hydrogens (tertiary/aromatic N) is 3. The highest BCUT2D eigenvalue weighted by molar-refractivity contribution is 5.93. The summed E-state index contributed by atoms with van der Waals surface area (Å²) in [4.78, 5) is 34.2. The van der Waals surface area contributed by atoms with Gasteiger partial charge in [0, 0.05) is 33.2 Å². The Morgan fingerprint density at radius 3 is 2.42 bits per heavy atom. The van der Waals surface area contributed by atoms with Crippen LogP contribution >= 0.6 is 0 Å². The second-order valence-corrected chi connectivity index (χ2v) is 5.44. The quantitative estimate of drug-likeness (QED) is 0.330. The van der Waals surface area contributed by atoms with Crippen molar-refractivity contribution in [2.75, 3.05) is 6.61 Å². The molecular formula is C15H19N3O8. The molecule has 26 heavy (non-hydrogen) atoms. The summed E-state index contributed by atoms with van der Waals surface area (Å²) in [6.45, 7) is 3.24. The van der Waals surface area contributed by atoms with Crippen LogP contribution in [-0.4, -0.2) is 63.5 Å². The molecule has 142 valence electrons. The monoisotopic (exact) mass is 369 g/mol. The summed E-state index contributed by atoms with van der Waals surface area (Å²) in [5.74, 6) is -1.95. The maximum absolute atomic E-state index is 11.5. The summed E-state index contributed by atoms with van der Waals surface area (Å²) < 4.78 is 22.4. The summed E-state index contributed by atoms with van der Waals surface area (Å²) in [5, 5.41) is 16.6. The van der Waals surface area contributed by atoms with Crippen LogP contribution in [0.25, 0.3) is 0 Å². The first kappa shape index (κ1) is 19.4. The van der Waals surface area contributed by atoms with Crippen molar-refractivity contribution < 1.29 is 38.5 Å². The Kier molecular flexibility index (Phi) is 6.28. The molecule has 0 radical (unpaired) electrons. The van der Waals surface area contributed by atoms with Crippen molar-refractivity contribution in [2.24, 2.45) is 5.16 Å². The van der Waals surface area contributed by atoms with Crippen LogP contribution in [-0.2, 0) is 33.3 Å². The molecule has 0 aliphatic carbocycles. The fraction of sp³-hybridized carbons (Fsp3) is 0.533. The molecule has 0 saturated carbocycles. The first-order valence-electron chi connectivity index (χ1n) is 7.67. The van der Waals surface area contributed by atoms with Crippen LogP contribution in [0.2, 0.25) is 0 Å². The summed E-state index contributed by atoms with van der Waals surface area (Å²) in [6, 6.07) is 1.61. The Bertz CT molecular complexity index is 687. The smallest absolute Gasteiger partial charge is 0.303 e. The van der Waals surface area contributed by atoms with E-state index in [9.17, 15) is 19.6 Å². The van der Waals surface area contributed by atoms with Crippen molar-refractivity contribution in [1.29, 1.82) is 0 Å². The molecule has 0 amide bonds. The maximum atomic E-state index is 11.5. The van der Waals surface area contributed by atoms with Gasteiger partial charge in [-0.15, -0.1) is 0 Å². The van der Waals surface area contributed by atoms with E-state index in [0.717, 1.165) is 13.8 Å². The average molecular weight is 369 g/mol. The minimum Gasteiger partial charge on any atom is -0.463 e. The summed E-state index contributed by atoms with van der Waals surface area (Å²) >= 11 is 0. The third kappa shape index (κ3) is 4.57. The van der Waals surface area contributed by atoms with Crippen LogP contribution in [0, 0.1) is 0 Å². The summed E-state index contributed by atoms with van der Waals surface area (Å²) in [6.07, 6.45) is -1.49. The van der Waals surface area contributed by atoms with E-state index in [0.29, 0.717) is 0 Å². The molecule has 2 heterocycles. The lowest BCUT2D eigenvalue weighted by Gasteiger charge is -2.40. The Hall–Kier alpha value is -2.95. The molecule has 4 atom stereocenters. The number of rotatable bonds is 5. The van der Waals surface area contributed by atoms with Crippen LogP contribution in [0.5, 0.6) is 0 Å². The van der Waals surface area contributed by atoms with E-state index in [4.69, 9.17) is 18.9 Å². The number of carbonyl (C=O) groups is 3. The van der Waals surface area contributed by atoms with Gasteiger partial charge in [0.05, 0.1) is 0 Å². The van der Waals surface area contributed by atoms with Crippen LogP contribution < -0.4 is 0 Å². The van der Waals surface area contributed by atoms with Crippen molar-refractivity contribution in [1.82, 2.24) is 9.78 Å². The maximum Gasteiger partial charge on any atom is 0.303 e. The number of esters is 3. The lowest BCUT2D eigenvalue weighted by Crippen LogP contribution is -2.57. The van der Waals surface area contributed by atoms with Crippen LogP contribution in [0.15, 0.2) is 23.6 Å². The Morgan fingerprint density at radius 1 is 1.23 bits per heavy atom. The number of carbonyl (C=O) groups excluding carboxylic acids is 3. The van der Waals surface area contributed by atoms with Gasteiger partial charge in [-0.05, 0) is 6.07 Å². The van der Waals surface area contributed by atoms with E-state index in [1.807, 2.05) is 0 Å². The lowest BCUT2D eigenvalue weighted by atomic mass is 9.98. The first-order valence-corrected chi connectivity index (χ1v) is 7.67. The lowest BCUT2D eigenvalue weighted by molar-refractivity contribution is -0.196. The highest BCUT2D eigenvalue weighted by atomic mass is 16.6. The van der Waals surface area contributed by atoms with Gasteiger partial charge in [-0.1, -0.05) is 5.16 Å². The molecule has 11 heteroatoms. The number of aromatic nitrogens is 2. The Balaban J connectivity index is 2.42. The van der Waals surface area contributed by atoms with Gasteiger partial charge >= 0.3 is 17.9 Å². The van der Waals surface area contributed by atoms with E-state index < -0.39 is 42.4 Å². The summed E-state index contributed by atoms with van der Waals surface area (Å²) in [7, 11) is 0. The largest absolute Gasteiger partial charge is 0.463 e. The van der Waals surface area contributed by atoms with Crippen molar-refractivity contribution in [3.8, 4) is 0 Å². The van der Waals surface area contributed by atoms with Crippen LogP contribution in [0.1, 0.15) is 27.0 Å². The number of ether oxygens (including phenoxy) is 4. The predicted molar refractivity (Wildman–Crippen MR) is 83.1 cm³/mol. The van der Waals surface area contributed by atoms with E-state index in [1.165, 1.54) is 24.0 Å². The normalized spacial score (nSPS) is 27.0. The van der Waals surface area contributed by atoms with Crippen molar-refractivity contribution >= 4 is 23.6 Å². The fourth-order valence-corrected chi connectivity index (χ4v) is 2.51. The third-order valence-corrected chi connectivity index (χ3v) is 3.44. The van der Waals surface area contributed by atoms with Gasteiger partial charge in [-0.25, -0.2) is 4.68 Å². The molecule has 0 bridgehead atoms. The van der Waals surface area contributed by atoms with Gasteiger partial charge in [0.15, 0.2) is 24.1 Å². The van der Waals surface area contributed by atoms with Crippen LogP contribution in [0.3, 0.4) is 0 Å². The van der Waals surface area contributed by atoms with E-state index >= 15 is 0 Å². The molecule has 0 aromatic carbocycles. The van der Waals surface area contributed by atoms with Crippen molar-refractivity contribution in [2.45, 2.75) is 45.3 Å². The zero-order valence-electron chi connectivity index (χ0n) is 14.4. The molecule has 2 rings (SSSR count). The number of hydrogen-bond acceptors (Lipinski definition) is 10. The third-order valence-electron chi connectivity index (χ3n) is 3.44. The zero-order chi connectivity index (χ0) is 19.3. The average Bonchev–Trinajstić information content (AvgIpc) is 3.08. The summed E-state index contributed by atoms with van der Waals surface area (Å²) in [5.41, 5.74) is -0.130. The molecular weight excluding hydrogens is 350 g/mol. The second kappa shape index (κ2) is 8.43. The molecule has 1 aliphatic heterocycles. The van der Waals surface area contributed by atoms with Gasteiger partial charge in [0.25, 0.3) is 0 Å². The highest BCUT2D eigenvalue weighted by Gasteiger charge is 2.49. The molecule has 0 spiro atoms. The number of oxime groups is 1. The van der Waals surface area contributed by atoms with Crippen molar-refractivity contribution in [3.05, 3.63) is 18.5 Å². The molecule has 1 fully saturated rings. The molecule has 1 saturated heterocycles.